The van der Waals surface area contributed by atoms with Crippen molar-refractivity contribution < 1.29 is 26.9 Å². The summed E-state index contributed by atoms with van der Waals surface area (Å²) in [5.41, 5.74) is 0.724. The number of benzene rings is 1. The molecule has 20 heavy (non-hydrogen) atoms. The van der Waals surface area contributed by atoms with Gasteiger partial charge in [0.1, 0.15) is 11.6 Å². The molecule has 0 N–H and O–H groups in total. The van der Waals surface area contributed by atoms with Gasteiger partial charge in [0.05, 0.1) is 18.8 Å². The van der Waals surface area contributed by atoms with Gasteiger partial charge in [-0.3, -0.25) is 9.05 Å². The number of rotatable bonds is 7. The predicted molar refractivity (Wildman–Crippen MR) is 72.1 cm³/mol. The Morgan fingerprint density at radius 3 is 2.35 bits per heavy atom. The van der Waals surface area contributed by atoms with Gasteiger partial charge in [0.15, 0.2) is 5.76 Å². The Labute approximate surface area is 120 Å². The van der Waals surface area contributed by atoms with Crippen LogP contribution in [0.1, 0.15) is 19.4 Å². The van der Waals surface area contributed by atoms with E-state index in [1.807, 2.05) is 0 Å². The third kappa shape index (κ3) is 4.56. The number of phosphoric acid groups is 1. The third-order valence-electron chi connectivity index (χ3n) is 2.08. The number of hydrogen-bond donors (Lipinski definition) is 0. The van der Waals surface area contributed by atoms with Crippen LogP contribution in [0, 0.1) is 11.6 Å². The molecule has 0 saturated carbocycles. The fourth-order valence-electron chi connectivity index (χ4n) is 1.34. The van der Waals surface area contributed by atoms with Gasteiger partial charge in [0.25, 0.3) is 0 Å². The number of phosphoric ester groups is 1. The smallest absolute Gasteiger partial charge is 0.402 e. The quantitative estimate of drug-likeness (QED) is 0.538. The van der Waals surface area contributed by atoms with E-state index in [0.717, 1.165) is 17.7 Å². The minimum absolute atomic E-state index is 0.0682. The molecule has 0 heterocycles. The van der Waals surface area contributed by atoms with Crippen molar-refractivity contribution >= 4 is 25.2 Å². The van der Waals surface area contributed by atoms with Crippen molar-refractivity contribution in [3.8, 4) is 0 Å². The van der Waals surface area contributed by atoms with E-state index in [2.05, 4.69) is 0 Å². The minimum Gasteiger partial charge on any atom is -0.402 e. The first-order chi connectivity index (χ1) is 9.45. The molecule has 0 saturated heterocycles. The topological polar surface area (TPSA) is 44.8 Å². The van der Waals surface area contributed by atoms with Gasteiger partial charge < -0.3 is 4.52 Å². The SMILES string of the molecule is CCOP(=O)(OCC)O/C(=C/Cl)c1ccc(F)cc1F. The molecule has 1 rings (SSSR count). The monoisotopic (exact) mass is 326 g/mol. The van der Waals surface area contributed by atoms with E-state index in [-0.39, 0.29) is 24.5 Å². The van der Waals surface area contributed by atoms with Crippen molar-refractivity contribution in [2.24, 2.45) is 0 Å². The van der Waals surface area contributed by atoms with Crippen molar-refractivity contribution in [2.75, 3.05) is 13.2 Å². The summed E-state index contributed by atoms with van der Waals surface area (Å²) >= 11 is 5.54. The van der Waals surface area contributed by atoms with Crippen molar-refractivity contribution in [3.05, 3.63) is 40.9 Å². The van der Waals surface area contributed by atoms with Gasteiger partial charge >= 0.3 is 7.82 Å². The second-order valence-corrected chi connectivity index (χ2v) is 5.28. The average molecular weight is 327 g/mol. The molecule has 4 nitrogen and oxygen atoms in total. The molecule has 1 aromatic rings. The van der Waals surface area contributed by atoms with E-state index >= 15 is 0 Å². The Morgan fingerprint density at radius 1 is 1.30 bits per heavy atom. The molecule has 0 aliphatic heterocycles. The molecule has 0 aliphatic rings. The normalized spacial score (nSPS) is 12.6. The van der Waals surface area contributed by atoms with Crippen LogP contribution in [0.15, 0.2) is 23.7 Å². The maximum Gasteiger partial charge on any atom is 0.530 e. The summed E-state index contributed by atoms with van der Waals surface area (Å²) in [6, 6.07) is 2.79. The maximum absolute atomic E-state index is 13.6. The summed E-state index contributed by atoms with van der Waals surface area (Å²) in [6.07, 6.45) is 0. The van der Waals surface area contributed by atoms with E-state index in [9.17, 15) is 13.3 Å². The minimum atomic E-state index is -3.90. The summed E-state index contributed by atoms with van der Waals surface area (Å²) in [6.45, 7) is 3.33. The van der Waals surface area contributed by atoms with Crippen molar-refractivity contribution in [2.45, 2.75) is 13.8 Å². The lowest BCUT2D eigenvalue weighted by atomic mass is 10.2. The highest BCUT2D eigenvalue weighted by Crippen LogP contribution is 2.53. The predicted octanol–water partition coefficient (Wildman–Crippen LogP) is 4.70. The standard InChI is InChI=1S/C12H14ClF2O4P/c1-3-17-20(16,18-4-2)19-12(8-13)10-6-5-9(14)7-11(10)15/h5-8H,3-4H2,1-2H3/b12-8+. The molecule has 112 valence electrons. The van der Waals surface area contributed by atoms with Crippen LogP contribution in [0.25, 0.3) is 5.76 Å². The molecule has 0 amide bonds. The van der Waals surface area contributed by atoms with Gasteiger partial charge in [-0.25, -0.2) is 13.3 Å². The van der Waals surface area contributed by atoms with E-state index in [0.29, 0.717) is 6.07 Å². The van der Waals surface area contributed by atoms with Crippen LogP contribution in [0.3, 0.4) is 0 Å². The summed E-state index contributed by atoms with van der Waals surface area (Å²) in [7, 11) is -3.90. The molecule has 1 aromatic carbocycles. The summed E-state index contributed by atoms with van der Waals surface area (Å²) < 4.78 is 53.5. The van der Waals surface area contributed by atoms with Crippen LogP contribution < -0.4 is 0 Å². The second-order valence-electron chi connectivity index (χ2n) is 3.47. The van der Waals surface area contributed by atoms with Crippen LogP contribution in [0.4, 0.5) is 8.78 Å². The zero-order chi connectivity index (χ0) is 15.2. The van der Waals surface area contributed by atoms with Gasteiger partial charge in [0.2, 0.25) is 0 Å². The molecule has 0 unspecified atom stereocenters. The molecule has 0 fully saturated rings. The van der Waals surface area contributed by atoms with E-state index in [1.54, 1.807) is 13.8 Å². The first kappa shape index (κ1) is 17.1. The zero-order valence-corrected chi connectivity index (χ0v) is 12.6. The molecule has 0 atom stereocenters. The summed E-state index contributed by atoms with van der Waals surface area (Å²) in [4.78, 5) is 0. The fourth-order valence-corrected chi connectivity index (χ4v) is 2.77. The lowest BCUT2D eigenvalue weighted by Gasteiger charge is -2.18. The summed E-state index contributed by atoms with van der Waals surface area (Å²) in [5, 5.41) is 0. The van der Waals surface area contributed by atoms with Gasteiger partial charge in [0, 0.05) is 11.6 Å². The number of halogens is 3. The second kappa shape index (κ2) is 7.74. The van der Waals surface area contributed by atoms with Crippen LogP contribution in [-0.4, -0.2) is 13.2 Å². The summed E-state index contributed by atoms with van der Waals surface area (Å²) in [5.74, 6) is -1.93. The molecule has 0 spiro atoms. The Hall–Kier alpha value is -0.940. The molecule has 0 bridgehead atoms. The molecule has 0 aromatic heterocycles. The van der Waals surface area contributed by atoms with E-state index in [4.69, 9.17) is 25.2 Å². The zero-order valence-electron chi connectivity index (χ0n) is 10.9. The van der Waals surface area contributed by atoms with Crippen LogP contribution in [0.5, 0.6) is 0 Å². The highest BCUT2D eigenvalue weighted by atomic mass is 35.5. The third-order valence-corrected chi connectivity index (χ3v) is 3.85. The lowest BCUT2D eigenvalue weighted by molar-refractivity contribution is 0.159. The molecule has 8 heteroatoms. The van der Waals surface area contributed by atoms with Crippen LogP contribution >= 0.6 is 19.4 Å². The average Bonchev–Trinajstić information content (AvgIpc) is 2.37. The number of hydrogen-bond acceptors (Lipinski definition) is 4. The molecule has 0 radical (unpaired) electrons. The molecule has 0 aliphatic carbocycles. The molecular formula is C12H14ClF2O4P. The van der Waals surface area contributed by atoms with Gasteiger partial charge in [-0.15, -0.1) is 0 Å². The van der Waals surface area contributed by atoms with E-state index < -0.39 is 19.5 Å². The molecular weight excluding hydrogens is 313 g/mol. The largest absolute Gasteiger partial charge is 0.530 e. The van der Waals surface area contributed by atoms with Crippen molar-refractivity contribution in [3.63, 3.8) is 0 Å². The van der Waals surface area contributed by atoms with Crippen molar-refractivity contribution in [1.82, 2.24) is 0 Å². The highest BCUT2D eigenvalue weighted by Gasteiger charge is 2.29. The lowest BCUT2D eigenvalue weighted by Crippen LogP contribution is -2.01. The maximum atomic E-state index is 13.6. The Morgan fingerprint density at radius 2 is 1.90 bits per heavy atom. The van der Waals surface area contributed by atoms with Crippen molar-refractivity contribution in [1.29, 1.82) is 0 Å². The highest BCUT2D eigenvalue weighted by molar-refractivity contribution is 7.48. The first-order valence-corrected chi connectivity index (χ1v) is 7.70. The van der Waals surface area contributed by atoms with Gasteiger partial charge in [-0.2, -0.15) is 0 Å². The first-order valence-electron chi connectivity index (χ1n) is 5.80. The van der Waals surface area contributed by atoms with E-state index in [1.165, 1.54) is 0 Å². The van der Waals surface area contributed by atoms with Gasteiger partial charge in [-0.05, 0) is 26.0 Å². The van der Waals surface area contributed by atoms with Crippen LogP contribution in [0.2, 0.25) is 0 Å². The Kier molecular flexibility index (Phi) is 6.62. The Bertz CT molecular complexity index is 526. The Balaban J connectivity index is 3.05. The fraction of sp³-hybridized carbons (Fsp3) is 0.333. The van der Waals surface area contributed by atoms with Crippen LogP contribution in [-0.2, 0) is 18.1 Å². The van der Waals surface area contributed by atoms with Gasteiger partial charge in [-0.1, -0.05) is 11.6 Å².